The molecule has 0 unspecified atom stereocenters. The summed E-state index contributed by atoms with van der Waals surface area (Å²) in [6.45, 7) is 4.12. The van der Waals surface area contributed by atoms with Crippen molar-refractivity contribution >= 4 is 39.1 Å². The first-order chi connectivity index (χ1) is 10.1. The van der Waals surface area contributed by atoms with Crippen LogP contribution in [0.3, 0.4) is 0 Å². The van der Waals surface area contributed by atoms with Gasteiger partial charge in [-0.05, 0) is 34.6 Å². The summed E-state index contributed by atoms with van der Waals surface area (Å²) in [5.74, 6) is 0.828. The molecule has 2 nitrogen and oxygen atoms in total. The Morgan fingerprint density at radius 1 is 1.10 bits per heavy atom. The summed E-state index contributed by atoms with van der Waals surface area (Å²) in [6, 6.07) is 11.5. The van der Waals surface area contributed by atoms with Crippen LogP contribution in [-0.2, 0) is 13.2 Å². The van der Waals surface area contributed by atoms with Crippen molar-refractivity contribution < 1.29 is 4.74 Å². The third-order valence-electron chi connectivity index (χ3n) is 3.02. The van der Waals surface area contributed by atoms with E-state index in [1.54, 1.807) is 6.07 Å². The molecule has 5 heteroatoms. The number of nitrogens with one attached hydrogen (secondary N) is 1. The van der Waals surface area contributed by atoms with E-state index in [1.165, 1.54) is 0 Å². The van der Waals surface area contributed by atoms with E-state index in [-0.39, 0.29) is 0 Å². The van der Waals surface area contributed by atoms with Gasteiger partial charge in [-0.25, -0.2) is 0 Å². The number of hydrogen-bond donors (Lipinski definition) is 1. The van der Waals surface area contributed by atoms with Gasteiger partial charge in [-0.3, -0.25) is 0 Å². The summed E-state index contributed by atoms with van der Waals surface area (Å²) in [7, 11) is 0. The first-order valence-electron chi connectivity index (χ1n) is 6.67. The van der Waals surface area contributed by atoms with Crippen LogP contribution in [0, 0.1) is 0 Å². The van der Waals surface area contributed by atoms with E-state index >= 15 is 0 Å². The molecule has 0 amide bonds. The molecule has 2 aromatic carbocycles. The molecule has 0 heterocycles. The molecule has 0 aliphatic carbocycles. The summed E-state index contributed by atoms with van der Waals surface area (Å²) < 4.78 is 6.88. The molecule has 0 saturated heterocycles. The van der Waals surface area contributed by atoms with Crippen molar-refractivity contribution in [1.82, 2.24) is 5.32 Å². The molecule has 21 heavy (non-hydrogen) atoms. The Morgan fingerprint density at radius 2 is 1.81 bits per heavy atom. The van der Waals surface area contributed by atoms with Crippen molar-refractivity contribution in [1.29, 1.82) is 0 Å². The monoisotopic (exact) mass is 387 g/mol. The fourth-order valence-corrected chi connectivity index (χ4v) is 2.82. The molecule has 1 N–H and O–H groups in total. The number of halogens is 3. The van der Waals surface area contributed by atoms with Gasteiger partial charge in [0.1, 0.15) is 12.4 Å². The minimum absolute atomic E-state index is 0.376. The van der Waals surface area contributed by atoms with Gasteiger partial charge in [-0.1, -0.05) is 54.4 Å². The second-order valence-corrected chi connectivity index (χ2v) is 6.15. The van der Waals surface area contributed by atoms with Crippen molar-refractivity contribution in [3.8, 4) is 5.75 Å². The Balaban J connectivity index is 2.17. The highest BCUT2D eigenvalue weighted by molar-refractivity contribution is 9.10. The van der Waals surface area contributed by atoms with Crippen molar-refractivity contribution in [2.75, 3.05) is 6.54 Å². The molecule has 2 rings (SSSR count). The minimum atomic E-state index is 0.376. The maximum absolute atomic E-state index is 6.19. The molecule has 0 aliphatic heterocycles. The van der Waals surface area contributed by atoms with Crippen molar-refractivity contribution in [3.05, 3.63) is 62.0 Å². The number of hydrogen-bond acceptors (Lipinski definition) is 2. The summed E-state index contributed by atoms with van der Waals surface area (Å²) in [5, 5.41) is 4.38. The van der Waals surface area contributed by atoms with E-state index < -0.39 is 0 Å². The third-order valence-corrected chi connectivity index (χ3v) is 4.50. The van der Waals surface area contributed by atoms with Gasteiger partial charge in [-0.15, -0.1) is 0 Å². The van der Waals surface area contributed by atoms with Crippen LogP contribution in [0.4, 0.5) is 0 Å². The zero-order valence-corrected chi connectivity index (χ0v) is 14.7. The van der Waals surface area contributed by atoms with Crippen LogP contribution in [0.5, 0.6) is 5.75 Å². The summed E-state index contributed by atoms with van der Waals surface area (Å²) in [6.07, 6.45) is 0. The van der Waals surface area contributed by atoms with E-state index in [0.29, 0.717) is 16.7 Å². The second kappa shape index (κ2) is 8.04. The maximum Gasteiger partial charge on any atom is 0.138 e. The molecule has 0 spiro atoms. The molecule has 0 atom stereocenters. The molecule has 2 aromatic rings. The Morgan fingerprint density at radius 3 is 2.57 bits per heavy atom. The van der Waals surface area contributed by atoms with Gasteiger partial charge in [-0.2, -0.15) is 0 Å². The Labute approximate surface area is 143 Å². The molecular weight excluding hydrogens is 373 g/mol. The second-order valence-electron chi connectivity index (χ2n) is 4.51. The molecular formula is C16H16BrCl2NO. The fourth-order valence-electron chi connectivity index (χ4n) is 1.92. The predicted octanol–water partition coefficient (Wildman–Crippen LogP) is 5.44. The molecule has 0 bridgehead atoms. The van der Waals surface area contributed by atoms with Gasteiger partial charge >= 0.3 is 0 Å². The van der Waals surface area contributed by atoms with Crippen molar-refractivity contribution in [2.24, 2.45) is 0 Å². The van der Waals surface area contributed by atoms with Crippen LogP contribution in [0.2, 0.25) is 10.0 Å². The van der Waals surface area contributed by atoms with E-state index in [1.807, 2.05) is 30.3 Å². The quantitative estimate of drug-likeness (QED) is 0.710. The van der Waals surface area contributed by atoms with Crippen molar-refractivity contribution in [2.45, 2.75) is 20.1 Å². The van der Waals surface area contributed by atoms with Crippen LogP contribution in [-0.4, -0.2) is 6.54 Å². The molecule has 0 radical (unpaired) electrons. The normalized spacial score (nSPS) is 10.7. The summed E-state index contributed by atoms with van der Waals surface area (Å²) in [4.78, 5) is 0. The first kappa shape index (κ1) is 16.6. The lowest BCUT2D eigenvalue weighted by atomic mass is 10.2. The van der Waals surface area contributed by atoms with Gasteiger partial charge in [0, 0.05) is 17.7 Å². The van der Waals surface area contributed by atoms with Crippen LogP contribution in [0.25, 0.3) is 0 Å². The van der Waals surface area contributed by atoms with E-state index in [4.69, 9.17) is 27.9 Å². The lowest BCUT2D eigenvalue weighted by Crippen LogP contribution is -2.13. The largest absolute Gasteiger partial charge is 0.487 e. The topological polar surface area (TPSA) is 21.3 Å². The minimum Gasteiger partial charge on any atom is -0.487 e. The van der Waals surface area contributed by atoms with Gasteiger partial charge < -0.3 is 10.1 Å². The zero-order valence-electron chi connectivity index (χ0n) is 11.6. The van der Waals surface area contributed by atoms with E-state index in [9.17, 15) is 0 Å². The highest BCUT2D eigenvalue weighted by atomic mass is 79.9. The number of para-hydroxylation sites is 1. The molecule has 112 valence electrons. The van der Waals surface area contributed by atoms with Crippen molar-refractivity contribution in [3.63, 3.8) is 0 Å². The smallest absolute Gasteiger partial charge is 0.138 e. The number of benzene rings is 2. The highest BCUT2D eigenvalue weighted by Gasteiger charge is 2.10. The van der Waals surface area contributed by atoms with E-state index in [0.717, 1.165) is 34.4 Å². The van der Waals surface area contributed by atoms with Crippen LogP contribution in [0.15, 0.2) is 40.9 Å². The third kappa shape index (κ3) is 4.36. The van der Waals surface area contributed by atoms with Gasteiger partial charge in [0.25, 0.3) is 0 Å². The summed E-state index contributed by atoms with van der Waals surface area (Å²) in [5.41, 5.74) is 1.97. The average molecular weight is 389 g/mol. The van der Waals surface area contributed by atoms with Crippen LogP contribution < -0.4 is 10.1 Å². The van der Waals surface area contributed by atoms with Crippen LogP contribution >= 0.6 is 39.1 Å². The average Bonchev–Trinajstić information content (AvgIpc) is 2.48. The lowest BCUT2D eigenvalue weighted by Gasteiger charge is -2.14. The highest BCUT2D eigenvalue weighted by Crippen LogP contribution is 2.31. The number of ether oxygens (including phenoxy) is 1. The SMILES string of the molecule is CCNCc1cccc(Br)c1OCc1cccc(Cl)c1Cl. The Bertz CT molecular complexity index is 619. The van der Waals surface area contributed by atoms with Gasteiger partial charge in [0.2, 0.25) is 0 Å². The Hall–Kier alpha value is -0.740. The lowest BCUT2D eigenvalue weighted by molar-refractivity contribution is 0.300. The molecule has 0 aromatic heterocycles. The fraction of sp³-hybridized carbons (Fsp3) is 0.250. The van der Waals surface area contributed by atoms with E-state index in [2.05, 4.69) is 28.2 Å². The summed E-state index contributed by atoms with van der Waals surface area (Å²) >= 11 is 15.7. The van der Waals surface area contributed by atoms with Gasteiger partial charge in [0.15, 0.2) is 0 Å². The predicted molar refractivity (Wildman–Crippen MR) is 92.3 cm³/mol. The molecule has 0 aliphatic rings. The molecule has 0 saturated carbocycles. The standard InChI is InChI=1S/C16H16BrCl2NO/c1-2-20-9-11-5-3-7-13(17)16(11)21-10-12-6-4-8-14(18)15(12)19/h3-8,20H,2,9-10H2,1H3. The Kier molecular flexibility index (Phi) is 6.37. The zero-order chi connectivity index (χ0) is 15.2. The van der Waals surface area contributed by atoms with Gasteiger partial charge in [0.05, 0.1) is 14.5 Å². The first-order valence-corrected chi connectivity index (χ1v) is 8.22. The number of rotatable bonds is 6. The molecule has 0 fully saturated rings. The maximum atomic E-state index is 6.19. The van der Waals surface area contributed by atoms with Crippen LogP contribution in [0.1, 0.15) is 18.1 Å².